The molecule has 3 aromatic carbocycles. The van der Waals surface area contributed by atoms with Crippen LogP contribution in [0.4, 0.5) is 13.2 Å². The normalized spacial score (nSPS) is 14.4. The standard InChI is InChI=1S/C34H32F3NO6/c1-21(31(41)25-15-17-28(18-16-25)44-34(35,36)37)30(24-9-7-23(8-10-24)22-5-3-2-4-6-22)32(42)26-11-13-27(14-12-26)33(43)38-20-19-29(39)40/h7-18,22H,2-6,19-20H2,1H3,(H,38,43)(H,39,40)/b30-21-. The number of benzene rings is 3. The highest BCUT2D eigenvalue weighted by molar-refractivity contribution is 6.34. The van der Waals surface area contributed by atoms with Crippen molar-refractivity contribution >= 4 is 29.0 Å². The number of Topliss-reactive ketones (excluding diaryl/α,β-unsaturated/α-hetero) is 2. The lowest BCUT2D eigenvalue weighted by Gasteiger charge is -2.22. The average Bonchev–Trinajstić information content (AvgIpc) is 3.01. The van der Waals surface area contributed by atoms with Crippen LogP contribution in [0.1, 0.15) is 93.6 Å². The van der Waals surface area contributed by atoms with Crippen LogP contribution in [0.3, 0.4) is 0 Å². The molecular weight excluding hydrogens is 575 g/mol. The van der Waals surface area contributed by atoms with E-state index in [9.17, 15) is 32.3 Å². The Hall–Kier alpha value is -4.73. The maximum Gasteiger partial charge on any atom is 0.573 e. The molecule has 0 saturated heterocycles. The monoisotopic (exact) mass is 607 g/mol. The second-order valence-corrected chi connectivity index (χ2v) is 10.7. The molecule has 1 aliphatic rings. The van der Waals surface area contributed by atoms with Gasteiger partial charge >= 0.3 is 12.3 Å². The number of alkyl halides is 3. The van der Waals surface area contributed by atoms with Crippen LogP contribution in [0, 0.1) is 0 Å². The number of hydrogen-bond donors (Lipinski definition) is 2. The van der Waals surface area contributed by atoms with Gasteiger partial charge in [-0.15, -0.1) is 13.2 Å². The number of ether oxygens (including phenoxy) is 1. The number of aliphatic carboxylic acids is 1. The summed E-state index contributed by atoms with van der Waals surface area (Å²) in [5, 5.41) is 11.3. The highest BCUT2D eigenvalue weighted by Gasteiger charge is 2.31. The summed E-state index contributed by atoms with van der Waals surface area (Å²) in [4.78, 5) is 50.5. The maximum absolute atomic E-state index is 13.9. The van der Waals surface area contributed by atoms with Gasteiger partial charge in [0.2, 0.25) is 0 Å². The van der Waals surface area contributed by atoms with Crippen LogP contribution in [0.25, 0.3) is 5.57 Å². The molecule has 0 spiro atoms. The van der Waals surface area contributed by atoms with Crippen molar-refractivity contribution in [3.8, 4) is 5.75 Å². The zero-order valence-corrected chi connectivity index (χ0v) is 24.1. The molecule has 0 aliphatic heterocycles. The van der Waals surface area contributed by atoms with E-state index >= 15 is 0 Å². The van der Waals surface area contributed by atoms with E-state index in [1.807, 2.05) is 12.1 Å². The van der Waals surface area contributed by atoms with Gasteiger partial charge in [-0.1, -0.05) is 55.7 Å². The topological polar surface area (TPSA) is 110 Å². The lowest BCUT2D eigenvalue weighted by molar-refractivity contribution is -0.274. The van der Waals surface area contributed by atoms with E-state index in [4.69, 9.17) is 5.11 Å². The van der Waals surface area contributed by atoms with Crippen LogP contribution >= 0.6 is 0 Å². The van der Waals surface area contributed by atoms with Gasteiger partial charge in [-0.2, -0.15) is 0 Å². The van der Waals surface area contributed by atoms with Crippen molar-refractivity contribution in [3.63, 3.8) is 0 Å². The molecule has 1 amide bonds. The molecule has 3 aromatic rings. The molecule has 4 rings (SSSR count). The van der Waals surface area contributed by atoms with Gasteiger partial charge in [0.25, 0.3) is 5.91 Å². The quantitative estimate of drug-likeness (QED) is 0.174. The largest absolute Gasteiger partial charge is 0.573 e. The van der Waals surface area contributed by atoms with Crippen molar-refractivity contribution in [1.29, 1.82) is 0 Å². The van der Waals surface area contributed by atoms with Crippen LogP contribution in [-0.2, 0) is 4.79 Å². The van der Waals surface area contributed by atoms with Crippen molar-refractivity contribution in [3.05, 3.63) is 106 Å². The number of carboxylic acid groups (broad SMARTS) is 1. The molecule has 0 bridgehead atoms. The summed E-state index contributed by atoms with van der Waals surface area (Å²) in [6, 6.07) is 17.8. The minimum Gasteiger partial charge on any atom is -0.481 e. The van der Waals surface area contributed by atoms with Gasteiger partial charge in [0, 0.05) is 34.4 Å². The molecule has 10 heteroatoms. The van der Waals surface area contributed by atoms with Gasteiger partial charge in [0.05, 0.1) is 6.42 Å². The Morgan fingerprint density at radius 3 is 1.86 bits per heavy atom. The highest BCUT2D eigenvalue weighted by Crippen LogP contribution is 2.34. The van der Waals surface area contributed by atoms with E-state index in [-0.39, 0.29) is 40.8 Å². The van der Waals surface area contributed by atoms with E-state index < -0.39 is 35.6 Å². The average molecular weight is 608 g/mol. The van der Waals surface area contributed by atoms with Gasteiger partial charge in [0.15, 0.2) is 11.6 Å². The molecule has 0 heterocycles. The molecule has 0 radical (unpaired) electrons. The molecule has 44 heavy (non-hydrogen) atoms. The molecule has 230 valence electrons. The number of nitrogens with one attached hydrogen (secondary N) is 1. The second kappa shape index (κ2) is 14.2. The number of carbonyl (C=O) groups excluding carboxylic acids is 3. The third kappa shape index (κ3) is 8.43. The van der Waals surface area contributed by atoms with E-state index in [1.54, 1.807) is 12.1 Å². The third-order valence-electron chi connectivity index (χ3n) is 7.60. The molecule has 7 nitrogen and oxygen atoms in total. The van der Waals surface area contributed by atoms with Crippen molar-refractivity contribution in [1.82, 2.24) is 5.32 Å². The number of allylic oxidation sites excluding steroid dienone is 2. The molecule has 0 aromatic heterocycles. The Balaban J connectivity index is 1.66. The first-order chi connectivity index (χ1) is 20.9. The summed E-state index contributed by atoms with van der Waals surface area (Å²) >= 11 is 0. The summed E-state index contributed by atoms with van der Waals surface area (Å²) in [6.45, 7) is 1.44. The number of amides is 1. The first-order valence-corrected chi connectivity index (χ1v) is 14.3. The van der Waals surface area contributed by atoms with Gasteiger partial charge in [-0.25, -0.2) is 0 Å². The van der Waals surface area contributed by atoms with Crippen LogP contribution in [0.2, 0.25) is 0 Å². The minimum absolute atomic E-state index is 0.0524. The van der Waals surface area contributed by atoms with Crippen LogP contribution in [-0.4, -0.2) is 41.5 Å². The van der Waals surface area contributed by atoms with Crippen LogP contribution in [0.15, 0.2) is 78.4 Å². The predicted molar refractivity (Wildman–Crippen MR) is 158 cm³/mol. The number of hydrogen-bond acceptors (Lipinski definition) is 5. The van der Waals surface area contributed by atoms with E-state index in [0.29, 0.717) is 11.5 Å². The molecule has 1 saturated carbocycles. The summed E-state index contributed by atoms with van der Waals surface area (Å²) < 4.78 is 41.7. The number of carboxylic acids is 1. The molecule has 0 unspecified atom stereocenters. The SMILES string of the molecule is C/C(C(=O)c1ccc(OC(F)(F)F)cc1)=C(/C(=O)c1ccc(C(=O)NCCC(=O)O)cc1)c1ccc(C2CCCCC2)cc1. The van der Waals surface area contributed by atoms with Gasteiger partial charge in [-0.05, 0) is 73.2 Å². The van der Waals surface area contributed by atoms with Crippen molar-refractivity contribution in [2.45, 2.75) is 57.7 Å². The molecular formula is C34H32F3NO6. The summed E-state index contributed by atoms with van der Waals surface area (Å²) in [7, 11) is 0. The lowest BCUT2D eigenvalue weighted by atomic mass is 9.83. The summed E-state index contributed by atoms with van der Waals surface area (Å²) in [5.41, 5.74) is 2.40. The fourth-order valence-corrected chi connectivity index (χ4v) is 5.32. The number of carbonyl (C=O) groups is 4. The fraction of sp³-hybridized carbons (Fsp3) is 0.294. The molecule has 2 N–H and O–H groups in total. The third-order valence-corrected chi connectivity index (χ3v) is 7.60. The molecule has 0 atom stereocenters. The Morgan fingerprint density at radius 1 is 0.773 bits per heavy atom. The van der Waals surface area contributed by atoms with Crippen molar-refractivity contribution in [2.24, 2.45) is 0 Å². The lowest BCUT2D eigenvalue weighted by Crippen LogP contribution is -2.26. The first-order valence-electron chi connectivity index (χ1n) is 14.3. The predicted octanol–water partition coefficient (Wildman–Crippen LogP) is 7.38. The Labute approximate surface area is 252 Å². The number of ketones is 2. The zero-order valence-electron chi connectivity index (χ0n) is 24.1. The smallest absolute Gasteiger partial charge is 0.481 e. The number of halogens is 3. The van der Waals surface area contributed by atoms with Crippen LogP contribution < -0.4 is 10.1 Å². The van der Waals surface area contributed by atoms with Crippen molar-refractivity contribution in [2.75, 3.05) is 6.54 Å². The van der Waals surface area contributed by atoms with E-state index in [2.05, 4.69) is 10.1 Å². The molecule has 1 fully saturated rings. The Kier molecular flexibility index (Phi) is 10.4. The van der Waals surface area contributed by atoms with Crippen molar-refractivity contribution < 1.29 is 42.2 Å². The zero-order chi connectivity index (χ0) is 31.9. The Bertz CT molecular complexity index is 1540. The van der Waals surface area contributed by atoms with Crippen LogP contribution in [0.5, 0.6) is 5.75 Å². The van der Waals surface area contributed by atoms with Gasteiger partial charge in [-0.3, -0.25) is 19.2 Å². The summed E-state index contributed by atoms with van der Waals surface area (Å²) in [6.07, 6.45) is 0.587. The highest BCUT2D eigenvalue weighted by atomic mass is 19.4. The summed E-state index contributed by atoms with van der Waals surface area (Å²) in [5.74, 6) is -2.61. The fourth-order valence-electron chi connectivity index (χ4n) is 5.32. The second-order valence-electron chi connectivity index (χ2n) is 10.7. The van der Waals surface area contributed by atoms with E-state index in [1.165, 1.54) is 49.7 Å². The Morgan fingerprint density at radius 2 is 1.30 bits per heavy atom. The first kappa shape index (κ1) is 32.2. The van der Waals surface area contributed by atoms with E-state index in [0.717, 1.165) is 43.4 Å². The van der Waals surface area contributed by atoms with Gasteiger partial charge < -0.3 is 15.2 Å². The maximum atomic E-state index is 13.9. The number of rotatable bonds is 11. The van der Waals surface area contributed by atoms with Gasteiger partial charge in [0.1, 0.15) is 5.75 Å². The molecule has 1 aliphatic carbocycles. The minimum atomic E-state index is -4.88.